The molecule has 1 aromatic rings. The predicted octanol–water partition coefficient (Wildman–Crippen LogP) is 3.98. The molecule has 5 heteroatoms. The van der Waals surface area contributed by atoms with Crippen molar-refractivity contribution in [1.82, 2.24) is 4.90 Å². The average molecular weight is 346 g/mol. The number of hydrogen-bond acceptors (Lipinski definition) is 3. The fourth-order valence-electron chi connectivity index (χ4n) is 2.97. The van der Waals surface area contributed by atoms with Gasteiger partial charge in [0.1, 0.15) is 0 Å². The summed E-state index contributed by atoms with van der Waals surface area (Å²) in [5.74, 6) is -0.621. The third-order valence-electron chi connectivity index (χ3n) is 3.90. The summed E-state index contributed by atoms with van der Waals surface area (Å²) in [6, 6.07) is 2.06. The van der Waals surface area contributed by atoms with Crippen LogP contribution in [0.4, 0.5) is 0 Å². The first kappa shape index (κ1) is 15.0. The number of halogens is 1. The van der Waals surface area contributed by atoms with Crippen molar-refractivity contribution in [3.63, 3.8) is 0 Å². The van der Waals surface area contributed by atoms with Gasteiger partial charge in [-0.1, -0.05) is 13.3 Å². The molecule has 0 amide bonds. The Kier molecular flexibility index (Phi) is 5.03. The number of carboxylic acid groups (broad SMARTS) is 1. The van der Waals surface area contributed by atoms with Gasteiger partial charge in [-0.3, -0.25) is 9.69 Å². The maximum Gasteiger partial charge on any atom is 0.310 e. The number of carbonyl (C=O) groups is 1. The van der Waals surface area contributed by atoms with Crippen molar-refractivity contribution >= 4 is 33.2 Å². The molecule has 1 saturated heterocycles. The van der Waals surface area contributed by atoms with Gasteiger partial charge in [0.25, 0.3) is 0 Å². The number of likely N-dealkylation sites (tertiary alicyclic amines) is 1. The van der Waals surface area contributed by atoms with Crippen LogP contribution in [0.3, 0.4) is 0 Å². The smallest absolute Gasteiger partial charge is 0.310 e. The van der Waals surface area contributed by atoms with Crippen molar-refractivity contribution in [2.45, 2.75) is 39.2 Å². The monoisotopic (exact) mass is 345 g/mol. The molecule has 0 aromatic carbocycles. The summed E-state index contributed by atoms with van der Waals surface area (Å²) < 4.78 is 1.14. The number of hydrogen-bond donors (Lipinski definition) is 1. The largest absolute Gasteiger partial charge is 0.481 e. The standard InChI is InChI=1S/C14H20BrNO2S/c1-2-5-14(13(17)18)6-3-7-16(10-14)9-12-11(15)4-8-19-12/h4,8H,2-3,5-7,9-10H2,1H3,(H,17,18). The average Bonchev–Trinajstić information content (AvgIpc) is 2.76. The van der Waals surface area contributed by atoms with Gasteiger partial charge >= 0.3 is 5.97 Å². The summed E-state index contributed by atoms with van der Waals surface area (Å²) >= 11 is 5.28. The van der Waals surface area contributed by atoms with E-state index in [1.165, 1.54) is 4.88 Å². The lowest BCUT2D eigenvalue weighted by atomic mass is 9.76. The molecule has 0 bridgehead atoms. The highest BCUT2D eigenvalue weighted by atomic mass is 79.9. The number of carboxylic acids is 1. The molecule has 2 heterocycles. The van der Waals surface area contributed by atoms with E-state index in [2.05, 4.69) is 39.2 Å². The van der Waals surface area contributed by atoms with Crippen molar-refractivity contribution in [1.29, 1.82) is 0 Å². The quantitative estimate of drug-likeness (QED) is 0.877. The molecular formula is C14H20BrNO2S. The molecule has 0 aliphatic carbocycles. The number of aliphatic carboxylic acids is 1. The summed E-state index contributed by atoms with van der Waals surface area (Å²) in [4.78, 5) is 15.2. The molecule has 3 nitrogen and oxygen atoms in total. The van der Waals surface area contributed by atoms with Gasteiger partial charge in [-0.2, -0.15) is 0 Å². The Morgan fingerprint density at radius 2 is 2.42 bits per heavy atom. The number of nitrogens with zero attached hydrogens (tertiary/aromatic N) is 1. The fourth-order valence-corrected chi connectivity index (χ4v) is 4.49. The predicted molar refractivity (Wildman–Crippen MR) is 81.5 cm³/mol. The zero-order valence-corrected chi connectivity index (χ0v) is 13.6. The third-order valence-corrected chi connectivity index (χ3v) is 5.81. The maximum absolute atomic E-state index is 11.6. The summed E-state index contributed by atoms with van der Waals surface area (Å²) in [7, 11) is 0. The number of piperidine rings is 1. The Hall–Kier alpha value is -0.390. The molecule has 1 aliphatic rings. The van der Waals surface area contributed by atoms with Crippen molar-refractivity contribution < 1.29 is 9.90 Å². The number of rotatable bonds is 5. The molecule has 1 fully saturated rings. The Labute approximate surface area is 126 Å². The molecular weight excluding hydrogens is 326 g/mol. The SMILES string of the molecule is CCCC1(C(=O)O)CCCN(Cc2sccc2Br)C1. The van der Waals surface area contributed by atoms with E-state index in [4.69, 9.17) is 0 Å². The second-order valence-electron chi connectivity index (χ2n) is 5.34. The Balaban J connectivity index is 2.07. The van der Waals surface area contributed by atoms with Crippen molar-refractivity contribution in [2.24, 2.45) is 5.41 Å². The molecule has 0 radical (unpaired) electrons. The van der Waals surface area contributed by atoms with Crippen LogP contribution in [-0.2, 0) is 11.3 Å². The minimum Gasteiger partial charge on any atom is -0.481 e. The van der Waals surface area contributed by atoms with Crippen LogP contribution < -0.4 is 0 Å². The van der Waals surface area contributed by atoms with Gasteiger partial charge in [0.15, 0.2) is 0 Å². The molecule has 106 valence electrons. The van der Waals surface area contributed by atoms with Crippen LogP contribution in [0.2, 0.25) is 0 Å². The summed E-state index contributed by atoms with van der Waals surface area (Å²) in [5.41, 5.74) is -0.531. The molecule has 2 rings (SSSR count). The van der Waals surface area contributed by atoms with E-state index in [1.54, 1.807) is 11.3 Å². The molecule has 1 N–H and O–H groups in total. The zero-order valence-electron chi connectivity index (χ0n) is 11.2. The molecule has 1 atom stereocenters. The highest BCUT2D eigenvalue weighted by Crippen LogP contribution is 2.36. The molecule has 1 aromatic heterocycles. The van der Waals surface area contributed by atoms with Crippen LogP contribution in [0.5, 0.6) is 0 Å². The molecule has 1 aliphatic heterocycles. The molecule has 1 unspecified atom stereocenters. The maximum atomic E-state index is 11.6. The highest BCUT2D eigenvalue weighted by Gasteiger charge is 2.41. The van der Waals surface area contributed by atoms with Crippen molar-refractivity contribution in [2.75, 3.05) is 13.1 Å². The van der Waals surface area contributed by atoms with Crippen molar-refractivity contribution in [3.05, 3.63) is 20.8 Å². The number of thiophene rings is 1. The van der Waals surface area contributed by atoms with E-state index in [9.17, 15) is 9.90 Å². The van der Waals surface area contributed by atoms with Crippen LogP contribution in [0.15, 0.2) is 15.9 Å². The van der Waals surface area contributed by atoms with Gasteiger partial charge < -0.3 is 5.11 Å². The van der Waals surface area contributed by atoms with E-state index in [0.717, 1.165) is 43.2 Å². The topological polar surface area (TPSA) is 40.5 Å². The highest BCUT2D eigenvalue weighted by molar-refractivity contribution is 9.10. The van der Waals surface area contributed by atoms with Crippen LogP contribution in [0.25, 0.3) is 0 Å². The fraction of sp³-hybridized carbons (Fsp3) is 0.643. The van der Waals surface area contributed by atoms with E-state index in [-0.39, 0.29) is 0 Å². The van der Waals surface area contributed by atoms with Crippen LogP contribution in [0.1, 0.15) is 37.5 Å². The molecule has 19 heavy (non-hydrogen) atoms. The van der Waals surface area contributed by atoms with Crippen LogP contribution >= 0.6 is 27.3 Å². The lowest BCUT2D eigenvalue weighted by molar-refractivity contribution is -0.153. The molecule has 0 spiro atoms. The lowest BCUT2D eigenvalue weighted by Gasteiger charge is -2.39. The van der Waals surface area contributed by atoms with Gasteiger partial charge in [-0.05, 0) is 53.2 Å². The summed E-state index contributed by atoms with van der Waals surface area (Å²) in [6.07, 6.45) is 3.51. The van der Waals surface area contributed by atoms with Gasteiger partial charge in [0.05, 0.1) is 5.41 Å². The van der Waals surface area contributed by atoms with Gasteiger partial charge in [0, 0.05) is 22.4 Å². The Morgan fingerprint density at radius 1 is 1.63 bits per heavy atom. The van der Waals surface area contributed by atoms with Crippen LogP contribution in [-0.4, -0.2) is 29.1 Å². The Bertz CT molecular complexity index is 444. The first-order chi connectivity index (χ1) is 9.07. The first-order valence-electron chi connectivity index (χ1n) is 6.75. The Morgan fingerprint density at radius 3 is 3.00 bits per heavy atom. The van der Waals surface area contributed by atoms with Gasteiger partial charge in [-0.15, -0.1) is 11.3 Å². The zero-order chi connectivity index (χ0) is 13.9. The molecule has 0 saturated carbocycles. The second-order valence-corrected chi connectivity index (χ2v) is 7.20. The minimum atomic E-state index is -0.621. The van der Waals surface area contributed by atoms with Crippen LogP contribution in [0, 0.1) is 5.41 Å². The van der Waals surface area contributed by atoms with E-state index < -0.39 is 11.4 Å². The van der Waals surface area contributed by atoms with E-state index in [1.807, 2.05) is 0 Å². The normalized spacial score (nSPS) is 24.5. The van der Waals surface area contributed by atoms with E-state index in [0.29, 0.717) is 6.54 Å². The van der Waals surface area contributed by atoms with E-state index >= 15 is 0 Å². The minimum absolute atomic E-state index is 0.531. The van der Waals surface area contributed by atoms with Crippen molar-refractivity contribution in [3.8, 4) is 0 Å². The third kappa shape index (κ3) is 3.38. The van der Waals surface area contributed by atoms with Gasteiger partial charge in [-0.25, -0.2) is 0 Å². The second kappa shape index (κ2) is 6.37. The summed E-state index contributed by atoms with van der Waals surface area (Å²) in [5, 5.41) is 11.7. The lowest BCUT2D eigenvalue weighted by Crippen LogP contribution is -2.47. The first-order valence-corrected chi connectivity index (χ1v) is 8.42. The summed E-state index contributed by atoms with van der Waals surface area (Å²) in [6.45, 7) is 4.61. The van der Waals surface area contributed by atoms with Gasteiger partial charge in [0.2, 0.25) is 0 Å².